The number of hydrogen-bond donors (Lipinski definition) is 0. The van der Waals surface area contributed by atoms with E-state index >= 15 is 0 Å². The van der Waals surface area contributed by atoms with Gasteiger partial charge in [-0.25, -0.2) is 4.98 Å². The van der Waals surface area contributed by atoms with Gasteiger partial charge in [0, 0.05) is 44.0 Å². The molecule has 3 heterocycles. The third kappa shape index (κ3) is 5.20. The molecule has 1 aliphatic heterocycles. The Morgan fingerprint density at radius 2 is 1.86 bits per heavy atom. The van der Waals surface area contributed by atoms with Gasteiger partial charge in [-0.15, -0.1) is 22.7 Å². The summed E-state index contributed by atoms with van der Waals surface area (Å²) in [6.45, 7) is 4.62. The zero-order chi connectivity index (χ0) is 19.3. The maximum absolute atomic E-state index is 12.5. The molecule has 4 rings (SSSR count). The van der Waals surface area contributed by atoms with Crippen molar-refractivity contribution in [2.24, 2.45) is 0 Å². The Balaban J connectivity index is 1.15. The van der Waals surface area contributed by atoms with Crippen LogP contribution in [0.5, 0.6) is 0 Å². The lowest BCUT2D eigenvalue weighted by Crippen LogP contribution is -2.48. The Bertz CT molecular complexity index is 898. The van der Waals surface area contributed by atoms with Gasteiger partial charge in [-0.3, -0.25) is 9.69 Å². The van der Waals surface area contributed by atoms with Crippen LogP contribution in [0.25, 0.3) is 10.2 Å². The van der Waals surface area contributed by atoms with E-state index in [0.717, 1.165) is 57.5 Å². The number of unbranched alkanes of at least 4 members (excludes halogenated alkanes) is 1. The van der Waals surface area contributed by atoms with E-state index in [2.05, 4.69) is 56.1 Å². The maximum Gasteiger partial charge on any atom is 0.222 e. The fraction of sp³-hybridized carbons (Fsp3) is 0.429. The molecule has 148 valence electrons. The summed E-state index contributed by atoms with van der Waals surface area (Å²) in [6.07, 6.45) is 3.59. The average Bonchev–Trinajstić information content (AvgIpc) is 3.31. The molecule has 4 nitrogen and oxygen atoms in total. The van der Waals surface area contributed by atoms with Crippen molar-refractivity contribution in [1.29, 1.82) is 0 Å². The van der Waals surface area contributed by atoms with E-state index in [1.807, 2.05) is 11.0 Å². The van der Waals surface area contributed by atoms with Crippen molar-refractivity contribution in [3.63, 3.8) is 0 Å². The van der Waals surface area contributed by atoms with Crippen LogP contribution in [0.2, 0.25) is 0 Å². The first-order valence-corrected chi connectivity index (χ1v) is 12.2. The van der Waals surface area contributed by atoms with Gasteiger partial charge in [0.1, 0.15) is 0 Å². The molecule has 1 aromatic carbocycles. The summed E-state index contributed by atoms with van der Waals surface area (Å²) in [5, 5.41) is 1.18. The van der Waals surface area contributed by atoms with Gasteiger partial charge in [-0.2, -0.15) is 0 Å². The van der Waals surface area contributed by atoms with Crippen LogP contribution in [0.1, 0.15) is 29.1 Å². The van der Waals surface area contributed by atoms with Crippen LogP contribution in [0.15, 0.2) is 40.2 Å². The number of aromatic nitrogens is 1. The van der Waals surface area contributed by atoms with Gasteiger partial charge >= 0.3 is 0 Å². The standard InChI is InChI=1S/C21H24BrN3OS2/c22-19-10-9-16(27-19)15-24-11-13-25(14-12-24)21(26)8-4-3-7-20-23-17-5-1-2-6-18(17)28-20/h1-2,5-6,9-10H,3-4,7-8,11-15H2. The van der Waals surface area contributed by atoms with Crippen molar-refractivity contribution in [3.05, 3.63) is 50.1 Å². The van der Waals surface area contributed by atoms with E-state index in [-0.39, 0.29) is 0 Å². The van der Waals surface area contributed by atoms with E-state index in [4.69, 9.17) is 0 Å². The van der Waals surface area contributed by atoms with Crippen molar-refractivity contribution in [2.75, 3.05) is 26.2 Å². The smallest absolute Gasteiger partial charge is 0.222 e. The number of carbonyl (C=O) groups is 1. The van der Waals surface area contributed by atoms with Crippen molar-refractivity contribution in [3.8, 4) is 0 Å². The SMILES string of the molecule is O=C(CCCCc1nc2ccccc2s1)N1CCN(Cc2ccc(Br)s2)CC1. The molecule has 1 amide bonds. The molecule has 0 radical (unpaired) electrons. The van der Waals surface area contributed by atoms with Crippen LogP contribution in [0.3, 0.4) is 0 Å². The molecule has 7 heteroatoms. The number of aryl methyl sites for hydroxylation is 1. The number of amides is 1. The van der Waals surface area contributed by atoms with Crippen molar-refractivity contribution in [1.82, 2.24) is 14.8 Å². The monoisotopic (exact) mass is 477 g/mol. The predicted molar refractivity (Wildman–Crippen MR) is 121 cm³/mol. The molecule has 0 spiro atoms. The summed E-state index contributed by atoms with van der Waals surface area (Å²) in [5.74, 6) is 0.308. The van der Waals surface area contributed by atoms with Crippen LogP contribution in [0.4, 0.5) is 0 Å². The molecule has 0 bridgehead atoms. The first-order valence-electron chi connectivity index (χ1n) is 9.76. The number of para-hydroxylation sites is 1. The third-order valence-electron chi connectivity index (χ3n) is 5.10. The fourth-order valence-electron chi connectivity index (χ4n) is 3.55. The molecule has 0 aliphatic carbocycles. The molecule has 0 saturated carbocycles. The van der Waals surface area contributed by atoms with Crippen LogP contribution >= 0.6 is 38.6 Å². The highest BCUT2D eigenvalue weighted by atomic mass is 79.9. The molecule has 1 aliphatic rings. The van der Waals surface area contributed by atoms with Crippen LogP contribution in [0, 0.1) is 0 Å². The quantitative estimate of drug-likeness (QED) is 0.440. The highest BCUT2D eigenvalue weighted by Gasteiger charge is 2.21. The van der Waals surface area contributed by atoms with E-state index in [1.165, 1.54) is 18.4 Å². The number of thiazole rings is 1. The third-order valence-corrected chi connectivity index (χ3v) is 7.81. The predicted octanol–water partition coefficient (Wildman–Crippen LogP) is 5.18. The highest BCUT2D eigenvalue weighted by molar-refractivity contribution is 9.11. The Morgan fingerprint density at radius 3 is 2.61 bits per heavy atom. The van der Waals surface area contributed by atoms with Crippen molar-refractivity contribution >= 4 is 54.7 Å². The molecule has 0 atom stereocenters. The summed E-state index contributed by atoms with van der Waals surface area (Å²) in [6, 6.07) is 12.6. The number of fused-ring (bicyclic) bond motifs is 1. The molecule has 28 heavy (non-hydrogen) atoms. The van der Waals surface area contributed by atoms with Gasteiger partial charge < -0.3 is 4.90 Å². The average molecular weight is 478 g/mol. The lowest BCUT2D eigenvalue weighted by molar-refractivity contribution is -0.133. The lowest BCUT2D eigenvalue weighted by atomic mass is 10.1. The summed E-state index contributed by atoms with van der Waals surface area (Å²) in [7, 11) is 0. The lowest BCUT2D eigenvalue weighted by Gasteiger charge is -2.34. The second-order valence-electron chi connectivity index (χ2n) is 7.15. The Morgan fingerprint density at radius 1 is 1.04 bits per heavy atom. The second-order valence-corrected chi connectivity index (χ2v) is 10.8. The summed E-state index contributed by atoms with van der Waals surface area (Å²) in [5.41, 5.74) is 1.09. The number of piperazine rings is 1. The molecule has 3 aromatic rings. The summed E-state index contributed by atoms with van der Waals surface area (Å²) in [4.78, 5) is 23.0. The maximum atomic E-state index is 12.5. The number of nitrogens with zero attached hydrogens (tertiary/aromatic N) is 3. The molecule has 0 N–H and O–H groups in total. The topological polar surface area (TPSA) is 36.4 Å². The van der Waals surface area contributed by atoms with Gasteiger partial charge in [0.05, 0.1) is 19.0 Å². The Labute approximate surface area is 182 Å². The van der Waals surface area contributed by atoms with Gasteiger partial charge in [-0.1, -0.05) is 12.1 Å². The Kier molecular flexibility index (Phi) is 6.77. The van der Waals surface area contributed by atoms with Gasteiger partial charge in [0.25, 0.3) is 0 Å². The fourth-order valence-corrected chi connectivity index (χ4v) is 6.08. The van der Waals surface area contributed by atoms with Gasteiger partial charge in [0.2, 0.25) is 5.91 Å². The number of carbonyl (C=O) groups excluding carboxylic acids is 1. The first kappa shape index (κ1) is 20.0. The van der Waals surface area contributed by atoms with Gasteiger partial charge in [-0.05, 0) is 59.5 Å². The molecule has 1 saturated heterocycles. The van der Waals surface area contributed by atoms with Crippen LogP contribution in [-0.2, 0) is 17.8 Å². The number of hydrogen-bond acceptors (Lipinski definition) is 5. The number of halogens is 1. The normalized spacial score (nSPS) is 15.4. The molecule has 1 fully saturated rings. The van der Waals surface area contributed by atoms with Crippen LogP contribution < -0.4 is 0 Å². The van der Waals surface area contributed by atoms with Gasteiger partial charge in [0.15, 0.2) is 0 Å². The van der Waals surface area contributed by atoms with Crippen molar-refractivity contribution in [2.45, 2.75) is 32.2 Å². The van der Waals surface area contributed by atoms with E-state index < -0.39 is 0 Å². The van der Waals surface area contributed by atoms with E-state index in [9.17, 15) is 4.79 Å². The molecular weight excluding hydrogens is 454 g/mol. The summed E-state index contributed by atoms with van der Waals surface area (Å²) >= 11 is 7.09. The second kappa shape index (κ2) is 9.48. The zero-order valence-electron chi connectivity index (χ0n) is 15.8. The number of benzene rings is 1. The van der Waals surface area contributed by atoms with E-state index in [1.54, 1.807) is 22.7 Å². The van der Waals surface area contributed by atoms with Crippen molar-refractivity contribution < 1.29 is 4.79 Å². The minimum atomic E-state index is 0.308. The largest absolute Gasteiger partial charge is 0.340 e. The minimum absolute atomic E-state index is 0.308. The number of rotatable bonds is 7. The molecular formula is C21H24BrN3OS2. The first-order chi connectivity index (χ1) is 13.7. The number of thiophene rings is 1. The summed E-state index contributed by atoms with van der Waals surface area (Å²) < 4.78 is 2.43. The molecule has 2 aromatic heterocycles. The highest BCUT2D eigenvalue weighted by Crippen LogP contribution is 2.24. The van der Waals surface area contributed by atoms with E-state index in [0.29, 0.717) is 12.3 Å². The zero-order valence-corrected chi connectivity index (χ0v) is 19.0. The molecule has 0 unspecified atom stereocenters. The minimum Gasteiger partial charge on any atom is -0.340 e. The van der Waals surface area contributed by atoms with Crippen LogP contribution in [-0.4, -0.2) is 46.9 Å². The Hall–Kier alpha value is -1.28.